The second kappa shape index (κ2) is 4.71. The molecule has 0 spiro atoms. The molecule has 0 aliphatic heterocycles. The summed E-state index contributed by atoms with van der Waals surface area (Å²) in [7, 11) is 0. The number of aryl methyl sites for hydroxylation is 1. The maximum absolute atomic E-state index is 5.25. The monoisotopic (exact) mass is 184 g/mol. The maximum atomic E-state index is 5.25. The van der Waals surface area contributed by atoms with Crippen LogP contribution in [0.2, 0.25) is 0 Å². The quantitative estimate of drug-likeness (QED) is 0.515. The highest BCUT2D eigenvalue weighted by atomic mass is 32.1. The zero-order chi connectivity index (χ0) is 8.81. The second-order valence-electron chi connectivity index (χ2n) is 2.41. The number of thiocarbonyl (C=S) groups is 1. The number of rotatable bonds is 4. The molecule has 0 aliphatic carbocycles. The molecular weight excluding hydrogens is 172 g/mol. The van der Waals surface area contributed by atoms with Crippen molar-refractivity contribution in [2.75, 3.05) is 6.54 Å². The van der Waals surface area contributed by atoms with Gasteiger partial charge in [-0.3, -0.25) is 4.68 Å². The molecule has 1 aromatic heterocycles. The highest BCUT2D eigenvalue weighted by Gasteiger charge is 1.90. The summed E-state index contributed by atoms with van der Waals surface area (Å²) in [4.78, 5) is 0. The maximum Gasteiger partial charge on any atom is 0.163 e. The summed E-state index contributed by atoms with van der Waals surface area (Å²) in [6.07, 6.45) is 4.67. The van der Waals surface area contributed by atoms with Crippen molar-refractivity contribution >= 4 is 17.3 Å². The molecule has 0 bridgehead atoms. The molecule has 1 rings (SSSR count). The predicted molar refractivity (Wildman–Crippen MR) is 51.6 cm³/mol. The Morgan fingerprint density at radius 1 is 1.67 bits per heavy atom. The van der Waals surface area contributed by atoms with Crippen LogP contribution in [-0.4, -0.2) is 21.4 Å². The highest BCUT2D eigenvalue weighted by molar-refractivity contribution is 7.80. The van der Waals surface area contributed by atoms with Gasteiger partial charge in [-0.15, -0.1) is 0 Å². The minimum atomic E-state index is 0.357. The van der Waals surface area contributed by atoms with Crippen LogP contribution in [0.5, 0.6) is 0 Å². The van der Waals surface area contributed by atoms with Crippen LogP contribution in [0.15, 0.2) is 18.5 Å². The molecule has 0 amide bonds. The molecule has 0 fully saturated rings. The fourth-order valence-corrected chi connectivity index (χ4v) is 0.987. The Morgan fingerprint density at radius 3 is 3.08 bits per heavy atom. The molecule has 0 aromatic carbocycles. The summed E-state index contributed by atoms with van der Waals surface area (Å²) >= 11 is 4.65. The molecule has 0 radical (unpaired) electrons. The van der Waals surface area contributed by atoms with Crippen LogP contribution in [0.1, 0.15) is 6.42 Å². The van der Waals surface area contributed by atoms with E-state index in [1.807, 2.05) is 16.9 Å². The van der Waals surface area contributed by atoms with Crippen molar-refractivity contribution in [3.63, 3.8) is 0 Å². The molecule has 3 N–H and O–H groups in total. The second-order valence-corrected chi connectivity index (χ2v) is 2.85. The summed E-state index contributed by atoms with van der Waals surface area (Å²) < 4.78 is 1.88. The standard InChI is InChI=1S/C7H12N4S/c8-7(12)9-3-1-5-11-6-2-4-10-11/h2,4,6H,1,3,5H2,(H3,8,9,12). The van der Waals surface area contributed by atoms with E-state index in [4.69, 9.17) is 5.73 Å². The summed E-state index contributed by atoms with van der Waals surface area (Å²) in [5, 5.41) is 7.29. The van der Waals surface area contributed by atoms with Crippen molar-refractivity contribution in [2.45, 2.75) is 13.0 Å². The zero-order valence-electron chi connectivity index (χ0n) is 6.73. The molecule has 1 heterocycles. The first-order chi connectivity index (χ1) is 5.79. The van der Waals surface area contributed by atoms with E-state index < -0.39 is 0 Å². The van der Waals surface area contributed by atoms with Gasteiger partial charge in [0.2, 0.25) is 0 Å². The lowest BCUT2D eigenvalue weighted by Crippen LogP contribution is -2.30. The van der Waals surface area contributed by atoms with E-state index in [-0.39, 0.29) is 0 Å². The number of nitrogens with one attached hydrogen (secondary N) is 1. The zero-order valence-corrected chi connectivity index (χ0v) is 7.55. The molecule has 0 unspecified atom stereocenters. The first-order valence-corrected chi connectivity index (χ1v) is 4.20. The predicted octanol–water partition coefficient (Wildman–Crippen LogP) is 0.106. The van der Waals surface area contributed by atoms with E-state index in [1.165, 1.54) is 0 Å². The van der Waals surface area contributed by atoms with E-state index in [0.717, 1.165) is 19.5 Å². The average Bonchev–Trinajstić information content (AvgIpc) is 2.49. The van der Waals surface area contributed by atoms with E-state index in [0.29, 0.717) is 5.11 Å². The van der Waals surface area contributed by atoms with Gasteiger partial charge < -0.3 is 11.1 Å². The number of nitrogens with zero attached hydrogens (tertiary/aromatic N) is 2. The van der Waals surface area contributed by atoms with Crippen LogP contribution in [0.3, 0.4) is 0 Å². The van der Waals surface area contributed by atoms with E-state index in [1.54, 1.807) is 6.20 Å². The molecule has 5 heteroatoms. The van der Waals surface area contributed by atoms with Crippen LogP contribution in [0.4, 0.5) is 0 Å². The van der Waals surface area contributed by atoms with Crippen molar-refractivity contribution in [2.24, 2.45) is 5.73 Å². The van der Waals surface area contributed by atoms with Crippen molar-refractivity contribution in [3.8, 4) is 0 Å². The van der Waals surface area contributed by atoms with Gasteiger partial charge in [-0.2, -0.15) is 5.10 Å². The first-order valence-electron chi connectivity index (χ1n) is 3.80. The van der Waals surface area contributed by atoms with Gasteiger partial charge in [0.25, 0.3) is 0 Å². The molecule has 0 aliphatic rings. The van der Waals surface area contributed by atoms with Gasteiger partial charge >= 0.3 is 0 Å². The minimum absolute atomic E-state index is 0.357. The lowest BCUT2D eigenvalue weighted by molar-refractivity contribution is 0.573. The van der Waals surface area contributed by atoms with Crippen molar-refractivity contribution < 1.29 is 0 Å². The lowest BCUT2D eigenvalue weighted by Gasteiger charge is -2.03. The largest absolute Gasteiger partial charge is 0.376 e. The Hall–Kier alpha value is -1.10. The fourth-order valence-electron chi connectivity index (χ4n) is 0.885. The topological polar surface area (TPSA) is 55.9 Å². The SMILES string of the molecule is NC(=S)NCCCn1cccn1. The Kier molecular flexibility index (Phi) is 3.53. The summed E-state index contributed by atoms with van der Waals surface area (Å²) in [6, 6.07) is 1.90. The Bertz CT molecular complexity index is 232. The molecule has 0 atom stereocenters. The third kappa shape index (κ3) is 3.34. The van der Waals surface area contributed by atoms with Crippen LogP contribution in [-0.2, 0) is 6.54 Å². The fraction of sp³-hybridized carbons (Fsp3) is 0.429. The first kappa shape index (κ1) is 8.99. The Balaban J connectivity index is 2.07. The average molecular weight is 184 g/mol. The Labute approximate surface area is 76.7 Å². The van der Waals surface area contributed by atoms with Crippen LogP contribution in [0.25, 0.3) is 0 Å². The van der Waals surface area contributed by atoms with Crippen molar-refractivity contribution in [1.82, 2.24) is 15.1 Å². The smallest absolute Gasteiger partial charge is 0.163 e. The van der Waals surface area contributed by atoms with Gasteiger partial charge in [-0.1, -0.05) is 0 Å². The number of aromatic nitrogens is 2. The van der Waals surface area contributed by atoms with Gasteiger partial charge in [-0.05, 0) is 24.7 Å². The van der Waals surface area contributed by atoms with E-state index in [2.05, 4.69) is 22.6 Å². The van der Waals surface area contributed by atoms with Crippen LogP contribution >= 0.6 is 12.2 Å². The molecule has 1 aromatic rings. The molecule has 66 valence electrons. The van der Waals surface area contributed by atoms with E-state index in [9.17, 15) is 0 Å². The molecule has 0 saturated carbocycles. The third-order valence-corrected chi connectivity index (χ3v) is 1.57. The summed E-state index contributed by atoms with van der Waals surface area (Å²) in [5.74, 6) is 0. The summed E-state index contributed by atoms with van der Waals surface area (Å²) in [5.41, 5.74) is 5.25. The van der Waals surface area contributed by atoms with Crippen molar-refractivity contribution in [3.05, 3.63) is 18.5 Å². The van der Waals surface area contributed by atoms with Gasteiger partial charge in [0.15, 0.2) is 5.11 Å². The van der Waals surface area contributed by atoms with Gasteiger partial charge in [0.05, 0.1) is 0 Å². The van der Waals surface area contributed by atoms with Gasteiger partial charge in [0.1, 0.15) is 0 Å². The Morgan fingerprint density at radius 2 is 2.50 bits per heavy atom. The molecule has 4 nitrogen and oxygen atoms in total. The normalized spacial score (nSPS) is 9.67. The van der Waals surface area contributed by atoms with Crippen LogP contribution in [0, 0.1) is 0 Å². The summed E-state index contributed by atoms with van der Waals surface area (Å²) in [6.45, 7) is 1.69. The minimum Gasteiger partial charge on any atom is -0.376 e. The third-order valence-electron chi connectivity index (χ3n) is 1.42. The van der Waals surface area contributed by atoms with E-state index >= 15 is 0 Å². The molecular formula is C7H12N4S. The van der Waals surface area contributed by atoms with Gasteiger partial charge in [0, 0.05) is 25.5 Å². The molecule has 12 heavy (non-hydrogen) atoms. The van der Waals surface area contributed by atoms with Crippen LogP contribution < -0.4 is 11.1 Å². The van der Waals surface area contributed by atoms with Crippen molar-refractivity contribution in [1.29, 1.82) is 0 Å². The number of hydrogen-bond donors (Lipinski definition) is 2. The number of hydrogen-bond acceptors (Lipinski definition) is 2. The van der Waals surface area contributed by atoms with Gasteiger partial charge in [-0.25, -0.2) is 0 Å². The molecule has 0 saturated heterocycles. The number of nitrogens with two attached hydrogens (primary N) is 1. The lowest BCUT2D eigenvalue weighted by atomic mass is 10.4. The highest BCUT2D eigenvalue weighted by Crippen LogP contribution is 1.87.